The van der Waals surface area contributed by atoms with E-state index in [4.69, 9.17) is 11.6 Å². The number of nitrogens with one attached hydrogen (secondary N) is 1. The number of hydrogen-bond acceptors (Lipinski definition) is 3. The second-order valence-electron chi connectivity index (χ2n) is 4.59. The first-order valence-electron chi connectivity index (χ1n) is 6.32. The molecular weight excluding hydrogens is 280 g/mol. The molecule has 0 heterocycles. The summed E-state index contributed by atoms with van der Waals surface area (Å²) < 4.78 is 0. The third kappa shape index (κ3) is 7.45. The summed E-state index contributed by atoms with van der Waals surface area (Å²) in [6, 6.07) is 7.74. The van der Waals surface area contributed by atoms with Gasteiger partial charge in [-0.2, -0.15) is 0 Å². The van der Waals surface area contributed by atoms with E-state index in [-0.39, 0.29) is 5.91 Å². The van der Waals surface area contributed by atoms with Crippen molar-refractivity contribution in [2.45, 2.75) is 12.2 Å². The molecule has 1 N–H and O–H groups in total. The van der Waals surface area contributed by atoms with Crippen molar-refractivity contribution in [2.75, 3.05) is 32.9 Å². The van der Waals surface area contributed by atoms with E-state index in [2.05, 4.69) is 10.2 Å². The summed E-state index contributed by atoms with van der Waals surface area (Å²) in [7, 11) is 4.06. The summed E-state index contributed by atoms with van der Waals surface area (Å²) in [6.45, 7) is 1.73. The van der Waals surface area contributed by atoms with Gasteiger partial charge in [-0.15, -0.1) is 11.8 Å². The maximum absolute atomic E-state index is 11.6. The summed E-state index contributed by atoms with van der Waals surface area (Å²) in [6.07, 6.45) is 0.980. The fourth-order valence-corrected chi connectivity index (χ4v) is 2.69. The lowest BCUT2D eigenvalue weighted by molar-refractivity contribution is -0.118. The number of carbonyl (C=O) groups is 1. The maximum Gasteiger partial charge on any atom is 0.230 e. The van der Waals surface area contributed by atoms with Crippen molar-refractivity contribution in [2.24, 2.45) is 0 Å². The Hall–Kier alpha value is -0.710. The monoisotopic (exact) mass is 300 g/mol. The summed E-state index contributed by atoms with van der Waals surface area (Å²) in [4.78, 5) is 13.7. The molecule has 0 fully saturated rings. The highest BCUT2D eigenvalue weighted by Gasteiger charge is 2.03. The van der Waals surface area contributed by atoms with E-state index in [1.54, 1.807) is 11.8 Å². The Bertz CT molecular complexity index is 399. The van der Waals surface area contributed by atoms with Crippen LogP contribution in [0.2, 0.25) is 5.02 Å². The average Bonchev–Trinajstić information content (AvgIpc) is 2.37. The van der Waals surface area contributed by atoms with Crippen molar-refractivity contribution in [1.82, 2.24) is 10.2 Å². The Morgan fingerprint density at radius 3 is 2.79 bits per heavy atom. The molecule has 0 aromatic heterocycles. The summed E-state index contributed by atoms with van der Waals surface area (Å²) in [5.74, 6) is 1.34. The van der Waals surface area contributed by atoms with Gasteiger partial charge in [0.1, 0.15) is 0 Å². The predicted octanol–water partition coefficient (Wildman–Crippen LogP) is 2.64. The molecule has 3 nitrogen and oxygen atoms in total. The highest BCUT2D eigenvalue weighted by molar-refractivity contribution is 7.99. The van der Waals surface area contributed by atoms with E-state index in [0.717, 1.165) is 35.8 Å². The van der Waals surface area contributed by atoms with E-state index in [9.17, 15) is 4.79 Å². The van der Waals surface area contributed by atoms with Crippen LogP contribution in [0.25, 0.3) is 0 Å². The average molecular weight is 301 g/mol. The Kier molecular flexibility index (Phi) is 7.94. The Labute approximate surface area is 124 Å². The lowest BCUT2D eigenvalue weighted by atomic mass is 10.2. The first kappa shape index (κ1) is 16.3. The van der Waals surface area contributed by atoms with E-state index in [1.165, 1.54) is 0 Å². The lowest BCUT2D eigenvalue weighted by Crippen LogP contribution is -2.28. The van der Waals surface area contributed by atoms with Gasteiger partial charge in [-0.1, -0.05) is 29.8 Å². The molecule has 0 saturated heterocycles. The normalized spacial score (nSPS) is 10.7. The molecule has 0 aliphatic carbocycles. The van der Waals surface area contributed by atoms with E-state index in [0.29, 0.717) is 5.75 Å². The van der Waals surface area contributed by atoms with Crippen molar-refractivity contribution in [3.63, 3.8) is 0 Å². The number of amides is 1. The van der Waals surface area contributed by atoms with Crippen LogP contribution < -0.4 is 5.32 Å². The van der Waals surface area contributed by atoms with Gasteiger partial charge in [0.15, 0.2) is 0 Å². The Morgan fingerprint density at radius 2 is 2.11 bits per heavy atom. The van der Waals surface area contributed by atoms with E-state index < -0.39 is 0 Å². The van der Waals surface area contributed by atoms with Crippen LogP contribution >= 0.6 is 23.4 Å². The zero-order valence-corrected chi connectivity index (χ0v) is 13.1. The van der Waals surface area contributed by atoms with Crippen LogP contribution in [-0.2, 0) is 10.5 Å². The standard InChI is InChI=1S/C14H21ClN2OS/c1-17(2)9-5-8-16-14(18)11-19-10-12-6-3-4-7-13(12)15/h3-4,6-7H,5,8-11H2,1-2H3,(H,16,18). The van der Waals surface area contributed by atoms with Crippen molar-refractivity contribution in [3.05, 3.63) is 34.9 Å². The number of halogens is 1. The molecule has 0 saturated carbocycles. The molecule has 1 aromatic carbocycles. The van der Waals surface area contributed by atoms with Gasteiger partial charge in [-0.3, -0.25) is 4.79 Å². The van der Waals surface area contributed by atoms with Crippen LogP contribution in [0.3, 0.4) is 0 Å². The number of carbonyl (C=O) groups excluding carboxylic acids is 1. The quantitative estimate of drug-likeness (QED) is 0.749. The van der Waals surface area contributed by atoms with Crippen LogP contribution in [0, 0.1) is 0 Å². The summed E-state index contributed by atoms with van der Waals surface area (Å²) >= 11 is 7.64. The topological polar surface area (TPSA) is 32.3 Å². The van der Waals surface area contributed by atoms with Gasteiger partial charge >= 0.3 is 0 Å². The molecule has 0 unspecified atom stereocenters. The van der Waals surface area contributed by atoms with Crippen LogP contribution in [0.4, 0.5) is 0 Å². The number of thioether (sulfide) groups is 1. The molecule has 0 aliphatic heterocycles. The predicted molar refractivity (Wildman–Crippen MR) is 83.8 cm³/mol. The van der Waals surface area contributed by atoms with E-state index >= 15 is 0 Å². The first-order chi connectivity index (χ1) is 9.09. The highest BCUT2D eigenvalue weighted by atomic mass is 35.5. The van der Waals surface area contributed by atoms with Gasteiger partial charge in [0.05, 0.1) is 5.75 Å². The fourth-order valence-electron chi connectivity index (χ4n) is 1.54. The third-order valence-electron chi connectivity index (χ3n) is 2.55. The molecule has 1 aromatic rings. The highest BCUT2D eigenvalue weighted by Crippen LogP contribution is 2.20. The number of benzene rings is 1. The smallest absolute Gasteiger partial charge is 0.230 e. The second kappa shape index (κ2) is 9.23. The molecule has 1 amide bonds. The van der Waals surface area contributed by atoms with Crippen molar-refractivity contribution in [3.8, 4) is 0 Å². The minimum Gasteiger partial charge on any atom is -0.355 e. The van der Waals surface area contributed by atoms with Gasteiger partial charge in [-0.25, -0.2) is 0 Å². The lowest BCUT2D eigenvalue weighted by Gasteiger charge is -2.10. The largest absolute Gasteiger partial charge is 0.355 e. The van der Waals surface area contributed by atoms with Gasteiger partial charge < -0.3 is 10.2 Å². The molecule has 5 heteroatoms. The van der Waals surface area contributed by atoms with Crippen molar-refractivity contribution >= 4 is 29.3 Å². The van der Waals surface area contributed by atoms with E-state index in [1.807, 2.05) is 38.4 Å². The van der Waals surface area contributed by atoms with Crippen LogP contribution in [0.5, 0.6) is 0 Å². The molecular formula is C14H21ClN2OS. The molecule has 0 atom stereocenters. The molecule has 0 spiro atoms. The molecule has 1 rings (SSSR count). The summed E-state index contributed by atoms with van der Waals surface area (Å²) in [5, 5.41) is 3.68. The minimum atomic E-state index is 0.0933. The number of hydrogen-bond donors (Lipinski definition) is 1. The SMILES string of the molecule is CN(C)CCCNC(=O)CSCc1ccccc1Cl. The van der Waals surface area contributed by atoms with Gasteiger partial charge in [0, 0.05) is 17.3 Å². The zero-order valence-electron chi connectivity index (χ0n) is 11.5. The number of rotatable bonds is 8. The molecule has 0 aliphatic rings. The molecule has 106 valence electrons. The van der Waals surface area contributed by atoms with Gasteiger partial charge in [0.25, 0.3) is 0 Å². The summed E-state index contributed by atoms with van der Waals surface area (Å²) in [5.41, 5.74) is 1.08. The number of nitrogens with zero attached hydrogens (tertiary/aromatic N) is 1. The third-order valence-corrected chi connectivity index (χ3v) is 3.90. The van der Waals surface area contributed by atoms with Crippen molar-refractivity contribution < 1.29 is 4.79 Å². The first-order valence-corrected chi connectivity index (χ1v) is 7.85. The van der Waals surface area contributed by atoms with Crippen molar-refractivity contribution in [1.29, 1.82) is 0 Å². The van der Waals surface area contributed by atoms with Crippen LogP contribution in [0.15, 0.2) is 24.3 Å². The Morgan fingerprint density at radius 1 is 1.37 bits per heavy atom. The molecule has 19 heavy (non-hydrogen) atoms. The maximum atomic E-state index is 11.6. The van der Waals surface area contributed by atoms with Gasteiger partial charge in [-0.05, 0) is 38.7 Å². The Balaban J connectivity index is 2.12. The van der Waals surface area contributed by atoms with Crippen LogP contribution in [-0.4, -0.2) is 43.7 Å². The second-order valence-corrected chi connectivity index (χ2v) is 5.98. The van der Waals surface area contributed by atoms with Crippen LogP contribution in [0.1, 0.15) is 12.0 Å². The molecule has 0 radical (unpaired) electrons. The zero-order chi connectivity index (χ0) is 14.1. The molecule has 0 bridgehead atoms. The fraction of sp³-hybridized carbons (Fsp3) is 0.500. The minimum absolute atomic E-state index is 0.0933. The van der Waals surface area contributed by atoms with Gasteiger partial charge in [0.2, 0.25) is 5.91 Å².